The lowest BCUT2D eigenvalue weighted by atomic mass is 9.94. The summed E-state index contributed by atoms with van der Waals surface area (Å²) in [5.41, 5.74) is 0. The molecule has 2 saturated carbocycles. The Morgan fingerprint density at radius 2 is 1.94 bits per heavy atom. The Kier molecular flexibility index (Phi) is 2.87. The van der Waals surface area contributed by atoms with Crippen molar-refractivity contribution < 1.29 is 18.3 Å². The van der Waals surface area contributed by atoms with Crippen LogP contribution in [0.1, 0.15) is 32.1 Å². The van der Waals surface area contributed by atoms with Gasteiger partial charge in [-0.05, 0) is 37.5 Å². The van der Waals surface area contributed by atoms with Gasteiger partial charge in [-0.15, -0.1) is 0 Å². The van der Waals surface area contributed by atoms with Crippen molar-refractivity contribution in [1.29, 1.82) is 0 Å². The summed E-state index contributed by atoms with van der Waals surface area (Å²) in [5.74, 6) is -0.786. The van der Waals surface area contributed by atoms with Crippen LogP contribution in [0.3, 0.4) is 0 Å². The van der Waals surface area contributed by atoms with E-state index in [2.05, 4.69) is 4.72 Å². The number of carboxylic acid groups (broad SMARTS) is 1. The maximum absolute atomic E-state index is 12.2. The second-order valence-electron chi connectivity index (χ2n) is 5.60. The normalized spacial score (nSPS) is 36.8. The average Bonchev–Trinajstić information content (AvgIpc) is 2.82. The van der Waals surface area contributed by atoms with E-state index in [-0.39, 0.29) is 17.9 Å². The van der Waals surface area contributed by atoms with E-state index >= 15 is 0 Å². The zero-order valence-electron chi connectivity index (χ0n) is 10.1. The number of hydrogen-bond acceptors (Lipinski definition) is 3. The maximum atomic E-state index is 12.2. The minimum atomic E-state index is -3.63. The van der Waals surface area contributed by atoms with Crippen LogP contribution in [-0.4, -0.2) is 42.4 Å². The van der Waals surface area contributed by atoms with Crippen LogP contribution in [-0.2, 0) is 15.0 Å². The Morgan fingerprint density at radius 3 is 2.56 bits per heavy atom. The van der Waals surface area contributed by atoms with Crippen LogP contribution >= 0.6 is 0 Å². The van der Waals surface area contributed by atoms with Crippen molar-refractivity contribution in [2.24, 2.45) is 11.8 Å². The fourth-order valence-corrected chi connectivity index (χ4v) is 5.03. The summed E-state index contributed by atoms with van der Waals surface area (Å²) in [4.78, 5) is 11.4. The molecular formula is C11H18N2O4S. The molecule has 102 valence electrons. The fraction of sp³-hybridized carbons (Fsp3) is 0.909. The molecular weight excluding hydrogens is 256 g/mol. The van der Waals surface area contributed by atoms with Crippen LogP contribution in [0, 0.1) is 11.8 Å². The predicted molar refractivity (Wildman–Crippen MR) is 64.0 cm³/mol. The highest BCUT2D eigenvalue weighted by molar-refractivity contribution is 7.87. The van der Waals surface area contributed by atoms with Crippen molar-refractivity contribution in [3.8, 4) is 0 Å². The van der Waals surface area contributed by atoms with Gasteiger partial charge in [-0.2, -0.15) is 17.4 Å². The van der Waals surface area contributed by atoms with Gasteiger partial charge in [-0.3, -0.25) is 4.79 Å². The summed E-state index contributed by atoms with van der Waals surface area (Å²) < 4.78 is 28.1. The summed E-state index contributed by atoms with van der Waals surface area (Å²) in [7, 11) is -3.63. The molecule has 0 aromatic heterocycles. The third-order valence-electron chi connectivity index (χ3n) is 4.30. The lowest BCUT2D eigenvalue weighted by molar-refractivity contribution is -0.142. The van der Waals surface area contributed by atoms with Crippen LogP contribution < -0.4 is 4.72 Å². The summed E-state index contributed by atoms with van der Waals surface area (Å²) in [5, 5.41) is 9.31. The Labute approximate surface area is 107 Å². The molecule has 0 aromatic rings. The lowest BCUT2D eigenvalue weighted by Crippen LogP contribution is -2.48. The Morgan fingerprint density at radius 1 is 1.22 bits per heavy atom. The zero-order chi connectivity index (χ0) is 12.9. The maximum Gasteiger partial charge on any atom is 0.322 e. The van der Waals surface area contributed by atoms with Gasteiger partial charge >= 0.3 is 5.97 Å². The summed E-state index contributed by atoms with van der Waals surface area (Å²) in [6.07, 6.45) is 4.51. The Balaban J connectivity index is 1.84. The van der Waals surface area contributed by atoms with Crippen molar-refractivity contribution in [1.82, 2.24) is 9.03 Å². The minimum absolute atomic E-state index is 0.00159. The van der Waals surface area contributed by atoms with Crippen molar-refractivity contribution in [2.45, 2.75) is 44.2 Å². The van der Waals surface area contributed by atoms with E-state index in [4.69, 9.17) is 0 Å². The molecule has 0 amide bonds. The van der Waals surface area contributed by atoms with Gasteiger partial charge in [-0.1, -0.05) is 6.42 Å². The molecule has 1 aliphatic heterocycles. The van der Waals surface area contributed by atoms with E-state index in [1.807, 2.05) is 0 Å². The first-order valence-electron chi connectivity index (χ1n) is 6.51. The standard InChI is InChI=1S/C11H18N2O4S/c14-11(15)10-9-3-1-2-7(9)6-13(10)18(16,17)12-8-4-5-8/h7-10,12H,1-6H2,(H,14,15). The van der Waals surface area contributed by atoms with E-state index in [0.29, 0.717) is 6.54 Å². The molecule has 0 spiro atoms. The summed E-state index contributed by atoms with van der Waals surface area (Å²) in [6.45, 7) is 0.365. The first-order chi connectivity index (χ1) is 8.49. The largest absolute Gasteiger partial charge is 0.480 e. The molecule has 3 rings (SSSR count). The number of nitrogens with one attached hydrogen (secondary N) is 1. The van der Waals surface area contributed by atoms with Crippen LogP contribution in [0.2, 0.25) is 0 Å². The van der Waals surface area contributed by atoms with Gasteiger partial charge in [0.05, 0.1) is 0 Å². The first kappa shape index (κ1) is 12.4. The molecule has 0 aromatic carbocycles. The van der Waals surface area contributed by atoms with Crippen molar-refractivity contribution in [3.63, 3.8) is 0 Å². The minimum Gasteiger partial charge on any atom is -0.480 e. The predicted octanol–water partition coefficient (Wildman–Crippen LogP) is 0.168. The molecule has 3 aliphatic rings. The van der Waals surface area contributed by atoms with Gasteiger partial charge in [0.2, 0.25) is 0 Å². The molecule has 7 heteroatoms. The lowest BCUT2D eigenvalue weighted by Gasteiger charge is -2.23. The number of hydrogen-bond donors (Lipinski definition) is 2. The van der Waals surface area contributed by atoms with Gasteiger partial charge in [-0.25, -0.2) is 0 Å². The monoisotopic (exact) mass is 274 g/mol. The molecule has 3 atom stereocenters. The van der Waals surface area contributed by atoms with Gasteiger partial charge in [0, 0.05) is 12.6 Å². The third-order valence-corrected chi connectivity index (χ3v) is 5.93. The molecule has 1 heterocycles. The second kappa shape index (κ2) is 4.18. The zero-order valence-corrected chi connectivity index (χ0v) is 10.9. The second-order valence-corrected chi connectivity index (χ2v) is 7.26. The molecule has 3 unspecified atom stereocenters. The quantitative estimate of drug-likeness (QED) is 0.765. The Bertz CT molecular complexity index is 460. The molecule has 3 fully saturated rings. The number of fused-ring (bicyclic) bond motifs is 1. The van der Waals surface area contributed by atoms with Crippen LogP contribution in [0.5, 0.6) is 0 Å². The number of carboxylic acids is 1. The van der Waals surface area contributed by atoms with E-state index in [1.165, 1.54) is 4.31 Å². The van der Waals surface area contributed by atoms with E-state index in [0.717, 1.165) is 32.1 Å². The van der Waals surface area contributed by atoms with Gasteiger partial charge < -0.3 is 5.11 Å². The third kappa shape index (κ3) is 2.04. The van der Waals surface area contributed by atoms with Crippen LogP contribution in [0.15, 0.2) is 0 Å². The highest BCUT2D eigenvalue weighted by Gasteiger charge is 2.52. The number of carbonyl (C=O) groups is 1. The van der Waals surface area contributed by atoms with Crippen molar-refractivity contribution in [3.05, 3.63) is 0 Å². The highest BCUT2D eigenvalue weighted by Crippen LogP contribution is 2.43. The van der Waals surface area contributed by atoms with Gasteiger partial charge in [0.1, 0.15) is 6.04 Å². The topological polar surface area (TPSA) is 86.7 Å². The fourth-order valence-electron chi connectivity index (χ4n) is 3.30. The summed E-state index contributed by atoms with van der Waals surface area (Å²) >= 11 is 0. The summed E-state index contributed by atoms with van der Waals surface area (Å²) in [6, 6.07) is -0.848. The Hall–Kier alpha value is -0.660. The van der Waals surface area contributed by atoms with Crippen molar-refractivity contribution >= 4 is 16.2 Å². The van der Waals surface area contributed by atoms with Crippen LogP contribution in [0.25, 0.3) is 0 Å². The van der Waals surface area contributed by atoms with Crippen LogP contribution in [0.4, 0.5) is 0 Å². The van der Waals surface area contributed by atoms with Gasteiger partial charge in [0.25, 0.3) is 10.2 Å². The number of nitrogens with zero attached hydrogens (tertiary/aromatic N) is 1. The average molecular weight is 274 g/mol. The smallest absolute Gasteiger partial charge is 0.322 e. The van der Waals surface area contributed by atoms with E-state index < -0.39 is 22.2 Å². The molecule has 6 nitrogen and oxygen atoms in total. The first-order valence-corrected chi connectivity index (χ1v) is 7.95. The molecule has 0 radical (unpaired) electrons. The molecule has 2 aliphatic carbocycles. The van der Waals surface area contributed by atoms with Crippen molar-refractivity contribution in [2.75, 3.05) is 6.54 Å². The highest BCUT2D eigenvalue weighted by atomic mass is 32.2. The number of aliphatic carboxylic acids is 1. The van der Waals surface area contributed by atoms with Gasteiger partial charge in [0.15, 0.2) is 0 Å². The molecule has 1 saturated heterocycles. The molecule has 0 bridgehead atoms. The molecule has 2 N–H and O–H groups in total. The SMILES string of the molecule is O=C(O)C1C2CCCC2CN1S(=O)(=O)NC1CC1. The number of rotatable bonds is 4. The van der Waals surface area contributed by atoms with E-state index in [1.54, 1.807) is 0 Å². The molecule has 18 heavy (non-hydrogen) atoms. The van der Waals surface area contributed by atoms with E-state index in [9.17, 15) is 18.3 Å².